The summed E-state index contributed by atoms with van der Waals surface area (Å²) in [6.45, 7) is 2.36. The van der Waals surface area contributed by atoms with Crippen LogP contribution in [0.3, 0.4) is 0 Å². The summed E-state index contributed by atoms with van der Waals surface area (Å²) < 4.78 is 1.23. The number of fused-ring (bicyclic) bond motifs is 1. The summed E-state index contributed by atoms with van der Waals surface area (Å²) in [7, 11) is 0. The molecule has 0 radical (unpaired) electrons. The molecule has 0 atom stereocenters. The number of hydrogen-bond acceptors (Lipinski definition) is 4. The van der Waals surface area contributed by atoms with E-state index in [0.29, 0.717) is 17.4 Å². The van der Waals surface area contributed by atoms with Gasteiger partial charge in [-0.25, -0.2) is 4.98 Å². The minimum absolute atomic E-state index is 0.0989. The minimum atomic E-state index is -0.408. The number of benzene rings is 1. The topological polar surface area (TPSA) is 93.1 Å². The van der Waals surface area contributed by atoms with E-state index in [9.17, 15) is 14.4 Å². The van der Waals surface area contributed by atoms with Crippen LogP contribution in [0, 0.1) is 0 Å². The molecule has 7 heteroatoms. The lowest BCUT2D eigenvalue weighted by Crippen LogP contribution is -2.39. The van der Waals surface area contributed by atoms with Gasteiger partial charge < -0.3 is 10.6 Å². The summed E-state index contributed by atoms with van der Waals surface area (Å²) >= 11 is 0. The molecule has 23 heavy (non-hydrogen) atoms. The number of amides is 2. The van der Waals surface area contributed by atoms with Crippen molar-refractivity contribution in [2.24, 2.45) is 0 Å². The largest absolute Gasteiger partial charge is 0.355 e. The fourth-order valence-corrected chi connectivity index (χ4v) is 2.08. The van der Waals surface area contributed by atoms with Crippen LogP contribution in [0.1, 0.15) is 19.8 Å². The van der Waals surface area contributed by atoms with E-state index in [1.165, 1.54) is 10.9 Å². The molecule has 2 rings (SSSR count). The molecule has 0 fully saturated rings. The molecule has 122 valence electrons. The van der Waals surface area contributed by atoms with Crippen LogP contribution in [0.2, 0.25) is 0 Å². The number of carbonyl (C=O) groups excluding carboxylic acids is 2. The van der Waals surface area contributed by atoms with Crippen molar-refractivity contribution >= 4 is 22.7 Å². The second-order valence-electron chi connectivity index (χ2n) is 5.18. The van der Waals surface area contributed by atoms with Crippen LogP contribution in [-0.4, -0.2) is 34.5 Å². The molecule has 2 N–H and O–H groups in total. The first-order valence-corrected chi connectivity index (χ1v) is 7.59. The van der Waals surface area contributed by atoms with E-state index < -0.39 is 5.91 Å². The first kappa shape index (κ1) is 16.7. The number of unbranched alkanes of at least 4 members (excludes halogenated alkanes) is 1. The SMILES string of the molecule is CCCCNC(=O)CNC(=O)Cn1cnc2ccccc2c1=O. The number of rotatable bonds is 7. The zero-order valence-corrected chi connectivity index (χ0v) is 13.0. The number of aromatic nitrogens is 2. The van der Waals surface area contributed by atoms with Gasteiger partial charge in [0, 0.05) is 6.54 Å². The Bertz CT molecular complexity index is 754. The van der Waals surface area contributed by atoms with Gasteiger partial charge in [0.1, 0.15) is 6.54 Å². The van der Waals surface area contributed by atoms with Crippen molar-refractivity contribution in [1.82, 2.24) is 20.2 Å². The molecule has 0 saturated carbocycles. The quantitative estimate of drug-likeness (QED) is 0.724. The summed E-state index contributed by atoms with van der Waals surface area (Å²) in [6, 6.07) is 6.95. The van der Waals surface area contributed by atoms with Crippen molar-refractivity contribution in [2.75, 3.05) is 13.1 Å². The van der Waals surface area contributed by atoms with Gasteiger partial charge in [-0.3, -0.25) is 19.0 Å². The van der Waals surface area contributed by atoms with E-state index in [1.807, 2.05) is 6.92 Å². The molecule has 0 aliphatic rings. The maximum absolute atomic E-state index is 12.2. The molecule has 0 aliphatic carbocycles. The second-order valence-corrected chi connectivity index (χ2v) is 5.18. The first-order chi connectivity index (χ1) is 11.1. The lowest BCUT2D eigenvalue weighted by molar-refractivity contribution is -0.126. The summed E-state index contributed by atoms with van der Waals surface area (Å²) in [4.78, 5) is 39.8. The average Bonchev–Trinajstić information content (AvgIpc) is 2.56. The summed E-state index contributed by atoms with van der Waals surface area (Å²) in [5.41, 5.74) is 0.308. The Kier molecular flexibility index (Phi) is 5.85. The highest BCUT2D eigenvalue weighted by Crippen LogP contribution is 2.04. The number of nitrogens with zero attached hydrogens (tertiary/aromatic N) is 2. The maximum atomic E-state index is 12.2. The Labute approximate surface area is 133 Å². The molecular weight excluding hydrogens is 296 g/mol. The van der Waals surface area contributed by atoms with E-state index in [4.69, 9.17) is 0 Å². The van der Waals surface area contributed by atoms with Crippen molar-refractivity contribution in [2.45, 2.75) is 26.3 Å². The molecule has 1 aromatic heterocycles. The van der Waals surface area contributed by atoms with Crippen LogP contribution in [-0.2, 0) is 16.1 Å². The fourth-order valence-electron chi connectivity index (χ4n) is 2.08. The van der Waals surface area contributed by atoms with Crippen LogP contribution in [0.4, 0.5) is 0 Å². The van der Waals surface area contributed by atoms with E-state index >= 15 is 0 Å². The average molecular weight is 316 g/mol. The second kappa shape index (κ2) is 8.07. The van der Waals surface area contributed by atoms with Crippen molar-refractivity contribution in [3.8, 4) is 0 Å². The third-order valence-corrected chi connectivity index (χ3v) is 3.34. The zero-order chi connectivity index (χ0) is 16.7. The Morgan fingerprint density at radius 2 is 1.96 bits per heavy atom. The van der Waals surface area contributed by atoms with Crippen LogP contribution in [0.25, 0.3) is 10.9 Å². The predicted octanol–water partition coefficient (Wildman–Crippen LogP) is 0.429. The van der Waals surface area contributed by atoms with Gasteiger partial charge >= 0.3 is 0 Å². The van der Waals surface area contributed by atoms with E-state index in [0.717, 1.165) is 12.8 Å². The van der Waals surface area contributed by atoms with Gasteiger partial charge in [0.25, 0.3) is 5.56 Å². The Balaban J connectivity index is 1.92. The third-order valence-electron chi connectivity index (χ3n) is 3.34. The summed E-state index contributed by atoms with van der Waals surface area (Å²) in [5, 5.41) is 5.66. The lowest BCUT2D eigenvalue weighted by atomic mass is 10.2. The molecule has 0 aliphatic heterocycles. The van der Waals surface area contributed by atoms with Gasteiger partial charge in [-0.2, -0.15) is 0 Å². The molecule has 2 amide bonds. The van der Waals surface area contributed by atoms with Crippen molar-refractivity contribution in [1.29, 1.82) is 0 Å². The van der Waals surface area contributed by atoms with Crippen LogP contribution in [0.5, 0.6) is 0 Å². The lowest BCUT2D eigenvalue weighted by Gasteiger charge is -2.08. The number of para-hydroxylation sites is 1. The van der Waals surface area contributed by atoms with Crippen LogP contribution in [0.15, 0.2) is 35.4 Å². The summed E-state index contributed by atoms with van der Waals surface area (Å²) in [6.07, 6.45) is 3.23. The highest BCUT2D eigenvalue weighted by atomic mass is 16.2. The highest BCUT2D eigenvalue weighted by molar-refractivity contribution is 5.84. The standard InChI is InChI=1S/C16H20N4O3/c1-2-3-8-17-14(21)9-18-15(22)10-20-11-19-13-7-5-4-6-12(13)16(20)23/h4-7,11H,2-3,8-10H2,1H3,(H,17,21)(H,18,22). The van der Waals surface area contributed by atoms with E-state index in [-0.39, 0.29) is 24.6 Å². The first-order valence-electron chi connectivity index (χ1n) is 7.59. The van der Waals surface area contributed by atoms with Crippen molar-refractivity contribution < 1.29 is 9.59 Å². The Morgan fingerprint density at radius 3 is 2.74 bits per heavy atom. The zero-order valence-electron chi connectivity index (χ0n) is 13.0. The van der Waals surface area contributed by atoms with Gasteiger partial charge in [0.05, 0.1) is 23.8 Å². The van der Waals surface area contributed by atoms with Gasteiger partial charge in [0.15, 0.2) is 0 Å². The van der Waals surface area contributed by atoms with E-state index in [1.54, 1.807) is 24.3 Å². The molecule has 1 heterocycles. The number of nitrogens with one attached hydrogen (secondary N) is 2. The molecular formula is C16H20N4O3. The molecule has 0 bridgehead atoms. The van der Waals surface area contributed by atoms with Gasteiger partial charge in [-0.15, -0.1) is 0 Å². The molecule has 1 aromatic carbocycles. The number of carbonyl (C=O) groups is 2. The van der Waals surface area contributed by atoms with E-state index in [2.05, 4.69) is 15.6 Å². The van der Waals surface area contributed by atoms with Crippen LogP contribution >= 0.6 is 0 Å². The minimum Gasteiger partial charge on any atom is -0.355 e. The summed E-state index contributed by atoms with van der Waals surface area (Å²) in [5.74, 6) is -0.648. The van der Waals surface area contributed by atoms with Crippen molar-refractivity contribution in [3.63, 3.8) is 0 Å². The predicted molar refractivity (Wildman–Crippen MR) is 86.9 cm³/mol. The van der Waals surface area contributed by atoms with Gasteiger partial charge in [-0.1, -0.05) is 25.5 Å². The highest BCUT2D eigenvalue weighted by Gasteiger charge is 2.09. The van der Waals surface area contributed by atoms with Gasteiger partial charge in [0.2, 0.25) is 11.8 Å². The molecule has 0 unspecified atom stereocenters. The van der Waals surface area contributed by atoms with Crippen LogP contribution < -0.4 is 16.2 Å². The van der Waals surface area contributed by atoms with Crippen molar-refractivity contribution in [3.05, 3.63) is 40.9 Å². The molecule has 0 saturated heterocycles. The molecule has 0 spiro atoms. The van der Waals surface area contributed by atoms with Gasteiger partial charge in [-0.05, 0) is 18.6 Å². The molecule has 2 aromatic rings. The third kappa shape index (κ3) is 4.64. The Hall–Kier alpha value is -2.70. The number of hydrogen-bond donors (Lipinski definition) is 2. The molecule has 7 nitrogen and oxygen atoms in total. The maximum Gasteiger partial charge on any atom is 0.261 e. The Morgan fingerprint density at radius 1 is 1.17 bits per heavy atom. The smallest absolute Gasteiger partial charge is 0.261 e. The fraction of sp³-hybridized carbons (Fsp3) is 0.375. The monoisotopic (exact) mass is 316 g/mol. The normalized spacial score (nSPS) is 10.5.